The van der Waals surface area contributed by atoms with Crippen LogP contribution in [0.1, 0.15) is 73.9 Å². The first-order valence-electron chi connectivity index (χ1n) is 25.0. The summed E-state index contributed by atoms with van der Waals surface area (Å²) in [7, 11) is 0. The molecule has 1 heteroatoms. The largest absolute Gasteiger partial charge is 0.310 e. The Kier molecular flexibility index (Phi) is 9.65. The maximum Gasteiger partial charge on any atom is 0.0726 e. The summed E-state index contributed by atoms with van der Waals surface area (Å²) in [5.74, 6) is 0. The minimum Gasteiger partial charge on any atom is -0.310 e. The summed E-state index contributed by atoms with van der Waals surface area (Å²) in [6, 6.07) is 88.9. The van der Waals surface area contributed by atoms with Crippen LogP contribution in [0.4, 0.5) is 17.1 Å². The van der Waals surface area contributed by atoms with E-state index in [2.05, 4.69) is 269 Å². The van der Waals surface area contributed by atoms with Crippen molar-refractivity contribution in [1.29, 1.82) is 0 Å². The Labute approximate surface area is 413 Å². The van der Waals surface area contributed by atoms with Gasteiger partial charge >= 0.3 is 0 Å². The Hall–Kier alpha value is -8.00. The number of hydrogen-bond acceptors (Lipinski definition) is 1. The van der Waals surface area contributed by atoms with Crippen molar-refractivity contribution in [2.24, 2.45) is 0 Å². The Balaban J connectivity index is 1.10. The van der Waals surface area contributed by atoms with E-state index >= 15 is 0 Å². The topological polar surface area (TPSA) is 3.24 Å². The molecule has 3 aliphatic rings. The molecular formula is C69H55N. The summed E-state index contributed by atoms with van der Waals surface area (Å²) in [6.45, 7) is 9.75. The zero-order valence-electron chi connectivity index (χ0n) is 40.4. The highest BCUT2D eigenvalue weighted by atomic mass is 15.1. The van der Waals surface area contributed by atoms with Crippen molar-refractivity contribution >= 4 is 17.1 Å². The van der Waals surface area contributed by atoms with Gasteiger partial charge in [-0.05, 0) is 155 Å². The van der Waals surface area contributed by atoms with E-state index in [-0.39, 0.29) is 10.8 Å². The molecule has 70 heavy (non-hydrogen) atoms. The molecule has 0 saturated carbocycles. The summed E-state index contributed by atoms with van der Waals surface area (Å²) >= 11 is 0. The first-order chi connectivity index (χ1) is 34.2. The highest BCUT2D eigenvalue weighted by Gasteiger charge is 2.52. The normalized spacial score (nSPS) is 15.1. The molecule has 336 valence electrons. The SMILES string of the molecule is CC1(C)CCC(C)(C)c2cc(-c3cc4c(cc3N(c3ccc(-c5ccccc5)cc3)c3ccc(-c5ccccc5-c5ccccc5)cc3)C3(c5ccccc5-c5ccccc53)c3ccccc3-4)ccc21. The van der Waals surface area contributed by atoms with Gasteiger partial charge in [0.15, 0.2) is 0 Å². The van der Waals surface area contributed by atoms with Crippen molar-refractivity contribution in [3.8, 4) is 66.8 Å². The fourth-order valence-electron chi connectivity index (χ4n) is 12.6. The zero-order valence-corrected chi connectivity index (χ0v) is 40.4. The van der Waals surface area contributed by atoms with Gasteiger partial charge in [-0.3, -0.25) is 0 Å². The van der Waals surface area contributed by atoms with Crippen molar-refractivity contribution in [3.63, 3.8) is 0 Å². The Bertz CT molecular complexity index is 3590. The average molecular weight is 898 g/mol. The van der Waals surface area contributed by atoms with Crippen LogP contribution in [-0.2, 0) is 16.2 Å². The maximum atomic E-state index is 2.59. The minimum absolute atomic E-state index is 0.0461. The number of fused-ring (bicyclic) bond motifs is 11. The minimum atomic E-state index is -0.498. The highest BCUT2D eigenvalue weighted by Crippen LogP contribution is 2.64. The second kappa shape index (κ2) is 16.0. The standard InChI is InChI=1S/C69H55N/c1-67(2)41-42-68(3,4)65-43-50(35-40-63(65)67)58-44-59-57-27-15-18-30-62(57)69(60-28-16-13-25-55(60)56-26-14-17-29-61(56)69)64(59)45-66(58)70(51-36-31-47(32-37-51)46-19-7-5-8-20-46)52-38-33-49(34-39-52)54-24-12-11-23-53(54)48-21-9-6-10-22-48/h5-40,43-45H,41-42H2,1-4H3. The van der Waals surface area contributed by atoms with Crippen LogP contribution in [-0.4, -0.2) is 0 Å². The molecule has 1 spiro atoms. The van der Waals surface area contributed by atoms with E-state index in [0.29, 0.717) is 0 Å². The van der Waals surface area contributed by atoms with E-state index < -0.39 is 5.41 Å². The molecule has 0 aliphatic heterocycles. The average Bonchev–Trinajstić information content (AvgIpc) is 3.88. The van der Waals surface area contributed by atoms with Crippen LogP contribution in [0.15, 0.2) is 237 Å². The molecule has 0 radical (unpaired) electrons. The summed E-state index contributed by atoms with van der Waals surface area (Å²) in [4.78, 5) is 2.54. The van der Waals surface area contributed by atoms with Crippen molar-refractivity contribution in [3.05, 3.63) is 270 Å². The van der Waals surface area contributed by atoms with Gasteiger partial charge in [0.1, 0.15) is 0 Å². The first-order valence-corrected chi connectivity index (χ1v) is 25.0. The van der Waals surface area contributed by atoms with Crippen molar-refractivity contribution in [1.82, 2.24) is 0 Å². The zero-order chi connectivity index (χ0) is 47.2. The van der Waals surface area contributed by atoms with Gasteiger partial charge in [-0.15, -0.1) is 0 Å². The number of nitrogens with zero attached hydrogens (tertiary/aromatic N) is 1. The van der Waals surface area contributed by atoms with E-state index in [4.69, 9.17) is 0 Å². The van der Waals surface area contributed by atoms with Gasteiger partial charge in [-0.2, -0.15) is 0 Å². The van der Waals surface area contributed by atoms with E-state index in [1.165, 1.54) is 107 Å². The maximum absolute atomic E-state index is 2.59. The lowest BCUT2D eigenvalue weighted by Crippen LogP contribution is -2.33. The first kappa shape index (κ1) is 42.1. The van der Waals surface area contributed by atoms with Crippen LogP contribution >= 0.6 is 0 Å². The lowest BCUT2D eigenvalue weighted by atomic mass is 9.63. The summed E-state index contributed by atoms with van der Waals surface area (Å²) < 4.78 is 0. The molecule has 0 unspecified atom stereocenters. The van der Waals surface area contributed by atoms with Crippen LogP contribution in [0.3, 0.4) is 0 Å². The van der Waals surface area contributed by atoms with Gasteiger partial charge in [0.05, 0.1) is 11.1 Å². The second-order valence-electron chi connectivity index (χ2n) is 21.0. The van der Waals surface area contributed by atoms with Crippen LogP contribution < -0.4 is 4.90 Å². The summed E-state index contributed by atoms with van der Waals surface area (Å²) in [6.07, 6.45) is 2.33. The van der Waals surface area contributed by atoms with Crippen LogP contribution in [0.25, 0.3) is 66.8 Å². The number of anilines is 3. The number of benzene rings is 10. The summed E-state index contributed by atoms with van der Waals surface area (Å²) in [5, 5.41) is 0. The third-order valence-electron chi connectivity index (χ3n) is 16.2. The van der Waals surface area contributed by atoms with Gasteiger partial charge in [0, 0.05) is 16.9 Å². The highest BCUT2D eigenvalue weighted by molar-refractivity contribution is 6.00. The molecule has 0 atom stereocenters. The second-order valence-corrected chi connectivity index (χ2v) is 21.0. The molecule has 0 saturated heterocycles. The molecule has 0 heterocycles. The fourth-order valence-corrected chi connectivity index (χ4v) is 12.6. The fraction of sp³-hybridized carbons (Fsp3) is 0.130. The van der Waals surface area contributed by atoms with E-state index in [0.717, 1.165) is 23.5 Å². The molecule has 0 bridgehead atoms. The summed E-state index contributed by atoms with van der Waals surface area (Å²) in [5.41, 5.74) is 26.2. The third-order valence-corrected chi connectivity index (χ3v) is 16.2. The van der Waals surface area contributed by atoms with Gasteiger partial charge in [0.25, 0.3) is 0 Å². The Morgan fingerprint density at radius 2 is 0.671 bits per heavy atom. The lowest BCUT2D eigenvalue weighted by molar-refractivity contribution is 0.332. The molecule has 10 aromatic rings. The lowest BCUT2D eigenvalue weighted by Gasteiger charge is -2.42. The molecule has 10 aromatic carbocycles. The predicted molar refractivity (Wildman–Crippen MR) is 294 cm³/mol. The van der Waals surface area contributed by atoms with Gasteiger partial charge in [-0.25, -0.2) is 0 Å². The van der Waals surface area contributed by atoms with Crippen molar-refractivity contribution in [2.45, 2.75) is 56.8 Å². The van der Waals surface area contributed by atoms with E-state index in [9.17, 15) is 0 Å². The molecule has 0 fully saturated rings. The molecule has 3 aliphatic carbocycles. The van der Waals surface area contributed by atoms with Crippen LogP contribution in [0, 0.1) is 0 Å². The van der Waals surface area contributed by atoms with E-state index in [1.54, 1.807) is 0 Å². The molecule has 0 aromatic heterocycles. The number of hydrogen-bond donors (Lipinski definition) is 0. The van der Waals surface area contributed by atoms with Gasteiger partial charge in [0.2, 0.25) is 0 Å². The molecule has 0 amide bonds. The monoisotopic (exact) mass is 897 g/mol. The number of rotatable bonds is 7. The van der Waals surface area contributed by atoms with Crippen LogP contribution in [0.5, 0.6) is 0 Å². The Morgan fingerprint density at radius 1 is 0.271 bits per heavy atom. The molecule has 0 N–H and O–H groups in total. The quantitative estimate of drug-likeness (QED) is 0.154. The van der Waals surface area contributed by atoms with Gasteiger partial charge in [-0.1, -0.05) is 228 Å². The predicted octanol–water partition coefficient (Wildman–Crippen LogP) is 18.5. The molecule has 1 nitrogen and oxygen atoms in total. The smallest absolute Gasteiger partial charge is 0.0726 e. The van der Waals surface area contributed by atoms with Crippen molar-refractivity contribution < 1.29 is 0 Å². The Morgan fingerprint density at radius 3 is 1.21 bits per heavy atom. The molecular weight excluding hydrogens is 843 g/mol. The third kappa shape index (κ3) is 6.45. The van der Waals surface area contributed by atoms with Crippen LogP contribution in [0.2, 0.25) is 0 Å². The van der Waals surface area contributed by atoms with E-state index in [1.807, 2.05) is 0 Å². The van der Waals surface area contributed by atoms with Gasteiger partial charge < -0.3 is 4.90 Å². The van der Waals surface area contributed by atoms with Crippen molar-refractivity contribution in [2.75, 3.05) is 4.90 Å². The molecule has 13 rings (SSSR count).